The Labute approximate surface area is 178 Å². The number of aromatic hydroxyl groups is 1. The summed E-state index contributed by atoms with van der Waals surface area (Å²) in [4.78, 5) is 20.2. The van der Waals surface area contributed by atoms with E-state index in [9.17, 15) is 15.0 Å². The van der Waals surface area contributed by atoms with E-state index in [1.54, 1.807) is 4.57 Å². The number of pyridine rings is 1. The topological polar surface area (TPSA) is 97.5 Å². The van der Waals surface area contributed by atoms with E-state index in [-0.39, 0.29) is 18.2 Å². The second-order valence-corrected chi connectivity index (χ2v) is 7.02. The molecule has 2 heterocycles. The first-order chi connectivity index (χ1) is 15.0. The maximum atomic E-state index is 12.1. The van der Waals surface area contributed by atoms with Crippen LogP contribution in [-0.4, -0.2) is 31.9 Å². The Balaban J connectivity index is 1.72. The standard InChI is InChI=1S/C24H21N3O4/c1-31-24-25-13-18(14-26-24)21(28)11-20-12-22(29)23(30)15-27(20)19-9-5-8-17(10-19)16-6-3-2-4-7-16/h2-10,12-15,21,28,30H,11H2,1H3. The highest BCUT2D eigenvalue weighted by Gasteiger charge is 2.15. The normalized spacial score (nSPS) is 11.8. The van der Waals surface area contributed by atoms with Crippen LogP contribution < -0.4 is 10.2 Å². The van der Waals surface area contributed by atoms with Gasteiger partial charge in [-0.15, -0.1) is 0 Å². The molecule has 0 spiro atoms. The van der Waals surface area contributed by atoms with Crippen molar-refractivity contribution in [2.75, 3.05) is 7.11 Å². The maximum absolute atomic E-state index is 12.1. The lowest BCUT2D eigenvalue weighted by Crippen LogP contribution is -2.14. The first kappa shape index (κ1) is 20.3. The van der Waals surface area contributed by atoms with Gasteiger partial charge in [0.25, 0.3) is 0 Å². The third-order valence-corrected chi connectivity index (χ3v) is 4.96. The van der Waals surface area contributed by atoms with E-state index in [2.05, 4.69) is 9.97 Å². The molecule has 4 aromatic rings. The number of ether oxygens (including phenoxy) is 1. The highest BCUT2D eigenvalue weighted by molar-refractivity contribution is 5.66. The van der Waals surface area contributed by atoms with Crippen molar-refractivity contribution in [3.8, 4) is 28.6 Å². The van der Waals surface area contributed by atoms with Crippen molar-refractivity contribution in [2.45, 2.75) is 12.5 Å². The zero-order chi connectivity index (χ0) is 21.8. The van der Waals surface area contributed by atoms with Crippen LogP contribution in [0.25, 0.3) is 16.8 Å². The van der Waals surface area contributed by atoms with Crippen molar-refractivity contribution >= 4 is 0 Å². The van der Waals surface area contributed by atoms with Crippen LogP contribution in [-0.2, 0) is 6.42 Å². The first-order valence-electron chi connectivity index (χ1n) is 9.69. The quantitative estimate of drug-likeness (QED) is 0.502. The van der Waals surface area contributed by atoms with Gasteiger partial charge in [-0.05, 0) is 23.3 Å². The molecule has 2 N–H and O–H groups in total. The van der Waals surface area contributed by atoms with E-state index >= 15 is 0 Å². The first-order valence-corrected chi connectivity index (χ1v) is 9.69. The molecule has 0 fully saturated rings. The average Bonchev–Trinajstić information content (AvgIpc) is 2.82. The molecule has 7 heteroatoms. The van der Waals surface area contributed by atoms with Gasteiger partial charge in [0.05, 0.1) is 19.4 Å². The SMILES string of the molecule is COc1ncc(C(O)Cc2cc(=O)c(O)cn2-c2cccc(-c3ccccc3)c2)cn1. The van der Waals surface area contributed by atoms with E-state index in [0.29, 0.717) is 11.3 Å². The van der Waals surface area contributed by atoms with Crippen molar-refractivity contribution in [1.82, 2.24) is 14.5 Å². The van der Waals surface area contributed by atoms with Crippen LogP contribution in [0.3, 0.4) is 0 Å². The van der Waals surface area contributed by atoms with Crippen molar-refractivity contribution < 1.29 is 14.9 Å². The van der Waals surface area contributed by atoms with Crippen LogP contribution in [0, 0.1) is 0 Å². The summed E-state index contributed by atoms with van der Waals surface area (Å²) in [5, 5.41) is 20.8. The fourth-order valence-corrected chi connectivity index (χ4v) is 3.35. The van der Waals surface area contributed by atoms with Gasteiger partial charge in [-0.2, -0.15) is 0 Å². The fraction of sp³-hybridized carbons (Fsp3) is 0.125. The summed E-state index contributed by atoms with van der Waals surface area (Å²) in [6, 6.07) is 19.2. The molecule has 0 saturated heterocycles. The highest BCUT2D eigenvalue weighted by atomic mass is 16.5. The monoisotopic (exact) mass is 415 g/mol. The minimum atomic E-state index is -0.946. The molecule has 0 amide bonds. The lowest BCUT2D eigenvalue weighted by Gasteiger charge is -2.18. The Morgan fingerprint density at radius 3 is 2.42 bits per heavy atom. The molecule has 31 heavy (non-hydrogen) atoms. The minimum absolute atomic E-state index is 0.126. The minimum Gasteiger partial charge on any atom is -0.503 e. The summed E-state index contributed by atoms with van der Waals surface area (Å²) in [6.45, 7) is 0. The van der Waals surface area contributed by atoms with Crippen LogP contribution in [0.2, 0.25) is 0 Å². The highest BCUT2D eigenvalue weighted by Crippen LogP contribution is 2.25. The molecule has 4 rings (SSSR count). The smallest absolute Gasteiger partial charge is 0.316 e. The third-order valence-electron chi connectivity index (χ3n) is 4.96. The molecule has 0 aliphatic carbocycles. The Kier molecular flexibility index (Phi) is 5.77. The Hall–Kier alpha value is -3.97. The van der Waals surface area contributed by atoms with Gasteiger partial charge in [-0.3, -0.25) is 4.79 Å². The lowest BCUT2D eigenvalue weighted by molar-refractivity contribution is 0.175. The molecule has 0 radical (unpaired) electrons. The van der Waals surface area contributed by atoms with Gasteiger partial charge in [-0.1, -0.05) is 42.5 Å². The van der Waals surface area contributed by atoms with Gasteiger partial charge in [0.2, 0.25) is 5.43 Å². The number of nitrogens with zero attached hydrogens (tertiary/aromatic N) is 3. The largest absolute Gasteiger partial charge is 0.503 e. The zero-order valence-electron chi connectivity index (χ0n) is 16.8. The predicted molar refractivity (Wildman–Crippen MR) is 116 cm³/mol. The van der Waals surface area contributed by atoms with Crippen LogP contribution in [0.4, 0.5) is 0 Å². The van der Waals surface area contributed by atoms with Gasteiger partial charge in [0.15, 0.2) is 5.75 Å². The van der Waals surface area contributed by atoms with Gasteiger partial charge in [-0.25, -0.2) is 9.97 Å². The van der Waals surface area contributed by atoms with E-state index in [1.807, 2.05) is 54.6 Å². The Morgan fingerprint density at radius 1 is 1.00 bits per heavy atom. The molecule has 2 aromatic heterocycles. The third kappa shape index (κ3) is 4.46. The van der Waals surface area contributed by atoms with Crippen LogP contribution in [0.15, 0.2) is 84.0 Å². The summed E-state index contributed by atoms with van der Waals surface area (Å²) in [6.07, 6.45) is 3.52. The van der Waals surface area contributed by atoms with Crippen LogP contribution in [0.1, 0.15) is 17.4 Å². The summed E-state index contributed by atoms with van der Waals surface area (Å²) in [7, 11) is 1.46. The summed E-state index contributed by atoms with van der Waals surface area (Å²) >= 11 is 0. The summed E-state index contributed by atoms with van der Waals surface area (Å²) in [5.41, 5.74) is 3.31. The number of benzene rings is 2. The lowest BCUT2D eigenvalue weighted by atomic mass is 10.0. The molecule has 1 atom stereocenters. The van der Waals surface area contributed by atoms with Crippen LogP contribution >= 0.6 is 0 Å². The maximum Gasteiger partial charge on any atom is 0.316 e. The molecule has 7 nitrogen and oxygen atoms in total. The molecule has 0 saturated carbocycles. The van der Waals surface area contributed by atoms with Crippen molar-refractivity contribution in [1.29, 1.82) is 0 Å². The molecule has 0 aliphatic rings. The van der Waals surface area contributed by atoms with Gasteiger partial charge in [0, 0.05) is 41.8 Å². The predicted octanol–water partition coefficient (Wildman–Crippen LogP) is 3.28. The van der Waals surface area contributed by atoms with E-state index in [1.165, 1.54) is 31.8 Å². The molecule has 2 aromatic carbocycles. The summed E-state index contributed by atoms with van der Waals surface area (Å²) in [5.74, 6) is -0.365. The molecule has 0 aliphatic heterocycles. The number of hydrogen-bond donors (Lipinski definition) is 2. The molecule has 1 unspecified atom stereocenters. The Morgan fingerprint density at radius 2 is 1.71 bits per heavy atom. The average molecular weight is 415 g/mol. The van der Waals surface area contributed by atoms with Crippen molar-refractivity contribution in [3.63, 3.8) is 0 Å². The molecular weight excluding hydrogens is 394 g/mol. The molecule has 0 bridgehead atoms. The van der Waals surface area contributed by atoms with Crippen molar-refractivity contribution in [2.24, 2.45) is 0 Å². The number of rotatable bonds is 6. The Bertz CT molecular complexity index is 1240. The van der Waals surface area contributed by atoms with E-state index in [0.717, 1.165) is 16.8 Å². The van der Waals surface area contributed by atoms with E-state index < -0.39 is 11.5 Å². The summed E-state index contributed by atoms with van der Waals surface area (Å²) < 4.78 is 6.65. The second kappa shape index (κ2) is 8.81. The number of methoxy groups -OCH3 is 1. The van der Waals surface area contributed by atoms with Gasteiger partial charge in [0.1, 0.15) is 0 Å². The fourth-order valence-electron chi connectivity index (χ4n) is 3.35. The zero-order valence-corrected chi connectivity index (χ0v) is 16.8. The number of hydrogen-bond acceptors (Lipinski definition) is 6. The van der Waals surface area contributed by atoms with Gasteiger partial charge < -0.3 is 19.5 Å². The second-order valence-electron chi connectivity index (χ2n) is 7.02. The number of aromatic nitrogens is 3. The number of aliphatic hydroxyl groups is 1. The molecule has 156 valence electrons. The van der Waals surface area contributed by atoms with Crippen LogP contribution in [0.5, 0.6) is 11.8 Å². The van der Waals surface area contributed by atoms with E-state index in [4.69, 9.17) is 4.74 Å². The van der Waals surface area contributed by atoms with Gasteiger partial charge >= 0.3 is 6.01 Å². The number of aliphatic hydroxyl groups excluding tert-OH is 1. The molecular formula is C24H21N3O4. The van der Waals surface area contributed by atoms with Crippen molar-refractivity contribution in [3.05, 3.63) is 101 Å².